The minimum atomic E-state index is -0.653. The Morgan fingerprint density at radius 1 is 1.25 bits per heavy atom. The molecule has 0 saturated heterocycles. The van der Waals surface area contributed by atoms with Gasteiger partial charge in [-0.25, -0.2) is 13.8 Å². The van der Waals surface area contributed by atoms with E-state index in [1.54, 1.807) is 6.92 Å². The Hall–Kier alpha value is -1.75. The lowest BCUT2D eigenvalue weighted by molar-refractivity contribution is 0.383. The minimum absolute atomic E-state index is 0.0888. The fraction of sp³-hybridized carbons (Fsp3) is 0.400. The summed E-state index contributed by atoms with van der Waals surface area (Å²) in [5, 5.41) is 3.20. The number of hydrogen-bond acceptors (Lipinski definition) is 3. The van der Waals surface area contributed by atoms with E-state index in [4.69, 9.17) is 4.42 Å². The highest BCUT2D eigenvalue weighted by molar-refractivity contribution is 5.59. The maximum Gasteiger partial charge on any atom is 0.208 e. The Kier molecular flexibility index (Phi) is 3.90. The zero-order valence-corrected chi connectivity index (χ0v) is 12.1. The van der Waals surface area contributed by atoms with Crippen LogP contribution in [0.3, 0.4) is 0 Å². The predicted octanol–water partition coefficient (Wildman–Crippen LogP) is 3.82. The summed E-state index contributed by atoms with van der Waals surface area (Å²) in [5.74, 6) is -0.763. The van der Waals surface area contributed by atoms with E-state index in [-0.39, 0.29) is 16.9 Å². The third kappa shape index (κ3) is 3.22. The Labute approximate surface area is 117 Å². The second kappa shape index (κ2) is 5.32. The average molecular weight is 280 g/mol. The molecule has 0 aliphatic heterocycles. The van der Waals surface area contributed by atoms with Crippen molar-refractivity contribution in [3.8, 4) is 11.3 Å². The molecule has 0 aliphatic carbocycles. The molecule has 5 heteroatoms. The average Bonchev–Trinajstić information content (AvgIpc) is 2.80. The molecule has 1 aromatic carbocycles. The molecule has 0 aliphatic rings. The fourth-order valence-electron chi connectivity index (χ4n) is 1.73. The van der Waals surface area contributed by atoms with Crippen LogP contribution in [0.5, 0.6) is 0 Å². The number of nitrogens with one attached hydrogen (secondary N) is 1. The van der Waals surface area contributed by atoms with Crippen LogP contribution in [0.15, 0.2) is 22.7 Å². The van der Waals surface area contributed by atoms with Crippen LogP contribution in [-0.2, 0) is 6.54 Å². The molecular weight excluding hydrogens is 262 g/mol. The summed E-state index contributed by atoms with van der Waals surface area (Å²) in [6.07, 6.45) is 1.35. The second-order valence-electron chi connectivity index (χ2n) is 5.78. The molecule has 0 unspecified atom stereocenters. The van der Waals surface area contributed by atoms with Gasteiger partial charge in [0.1, 0.15) is 11.6 Å². The fourth-order valence-corrected chi connectivity index (χ4v) is 1.73. The van der Waals surface area contributed by atoms with E-state index >= 15 is 0 Å². The van der Waals surface area contributed by atoms with Gasteiger partial charge in [-0.05, 0) is 39.3 Å². The van der Waals surface area contributed by atoms with Crippen LogP contribution < -0.4 is 5.32 Å². The third-order valence-corrected chi connectivity index (χ3v) is 2.85. The van der Waals surface area contributed by atoms with E-state index in [1.165, 1.54) is 18.3 Å². The van der Waals surface area contributed by atoms with Gasteiger partial charge in [0.2, 0.25) is 5.89 Å². The highest BCUT2D eigenvalue weighted by Crippen LogP contribution is 2.28. The molecule has 20 heavy (non-hydrogen) atoms. The lowest BCUT2D eigenvalue weighted by atomic mass is 10.1. The van der Waals surface area contributed by atoms with Gasteiger partial charge in [0.05, 0.1) is 18.3 Å². The van der Waals surface area contributed by atoms with Gasteiger partial charge in [0.15, 0.2) is 5.76 Å². The highest BCUT2D eigenvalue weighted by atomic mass is 19.1. The number of aromatic nitrogens is 1. The molecule has 0 saturated carbocycles. The standard InChI is InChI=1S/C15H18F2N2O/c1-9-5-6-10(16)13(14(9)17)11-7-18-12(20-11)8-19-15(2,3)4/h5-7,19H,8H2,1-4H3. The van der Waals surface area contributed by atoms with Crippen molar-refractivity contribution in [1.82, 2.24) is 10.3 Å². The van der Waals surface area contributed by atoms with Crippen LogP contribution in [-0.4, -0.2) is 10.5 Å². The summed E-state index contributed by atoms with van der Waals surface area (Å²) in [7, 11) is 0. The summed E-state index contributed by atoms with van der Waals surface area (Å²) >= 11 is 0. The van der Waals surface area contributed by atoms with E-state index in [9.17, 15) is 8.78 Å². The van der Waals surface area contributed by atoms with Crippen molar-refractivity contribution in [2.75, 3.05) is 0 Å². The van der Waals surface area contributed by atoms with E-state index < -0.39 is 11.6 Å². The minimum Gasteiger partial charge on any atom is -0.439 e. The topological polar surface area (TPSA) is 38.1 Å². The smallest absolute Gasteiger partial charge is 0.208 e. The molecule has 1 heterocycles. The molecule has 1 aromatic heterocycles. The molecule has 0 bridgehead atoms. The maximum absolute atomic E-state index is 14.0. The summed E-state index contributed by atoms with van der Waals surface area (Å²) in [6.45, 7) is 8.01. The number of nitrogens with zero attached hydrogens (tertiary/aromatic N) is 1. The molecule has 108 valence electrons. The number of rotatable bonds is 3. The number of hydrogen-bond donors (Lipinski definition) is 1. The largest absolute Gasteiger partial charge is 0.439 e. The van der Waals surface area contributed by atoms with Crippen molar-refractivity contribution in [3.63, 3.8) is 0 Å². The first-order valence-electron chi connectivity index (χ1n) is 6.42. The van der Waals surface area contributed by atoms with Gasteiger partial charge in [0.25, 0.3) is 0 Å². The van der Waals surface area contributed by atoms with Crippen molar-refractivity contribution in [3.05, 3.63) is 41.4 Å². The Morgan fingerprint density at radius 2 is 1.95 bits per heavy atom. The predicted molar refractivity (Wildman–Crippen MR) is 73.2 cm³/mol. The van der Waals surface area contributed by atoms with Gasteiger partial charge in [-0.2, -0.15) is 0 Å². The van der Waals surface area contributed by atoms with Gasteiger partial charge in [-0.15, -0.1) is 0 Å². The maximum atomic E-state index is 14.0. The molecule has 2 rings (SSSR count). The van der Waals surface area contributed by atoms with Crippen molar-refractivity contribution in [2.24, 2.45) is 0 Å². The normalized spacial score (nSPS) is 11.9. The van der Waals surface area contributed by atoms with Gasteiger partial charge >= 0.3 is 0 Å². The summed E-state index contributed by atoms with van der Waals surface area (Å²) in [4.78, 5) is 4.05. The van der Waals surface area contributed by atoms with Crippen LogP contribution in [0, 0.1) is 18.6 Å². The Balaban J connectivity index is 2.28. The van der Waals surface area contributed by atoms with Crippen molar-refractivity contribution < 1.29 is 13.2 Å². The molecule has 0 radical (unpaired) electrons. The highest BCUT2D eigenvalue weighted by Gasteiger charge is 2.18. The molecule has 0 amide bonds. The number of aryl methyl sites for hydroxylation is 1. The lowest BCUT2D eigenvalue weighted by Crippen LogP contribution is -2.35. The SMILES string of the molecule is Cc1ccc(F)c(-c2cnc(CNC(C)(C)C)o2)c1F. The first kappa shape index (κ1) is 14.7. The molecular formula is C15H18F2N2O. The summed E-state index contributed by atoms with van der Waals surface area (Å²) in [5.41, 5.74) is 0.112. The van der Waals surface area contributed by atoms with Gasteiger partial charge < -0.3 is 9.73 Å². The summed E-state index contributed by atoms with van der Waals surface area (Å²) < 4.78 is 33.2. The molecule has 3 nitrogen and oxygen atoms in total. The molecule has 0 atom stereocenters. The zero-order valence-electron chi connectivity index (χ0n) is 12.1. The molecule has 0 spiro atoms. The van der Waals surface area contributed by atoms with E-state index in [0.29, 0.717) is 18.0 Å². The van der Waals surface area contributed by atoms with Crippen LogP contribution in [0.4, 0.5) is 8.78 Å². The van der Waals surface area contributed by atoms with Crippen LogP contribution in [0.25, 0.3) is 11.3 Å². The van der Waals surface area contributed by atoms with Crippen LogP contribution in [0.2, 0.25) is 0 Å². The van der Waals surface area contributed by atoms with Crippen molar-refractivity contribution in [2.45, 2.75) is 39.8 Å². The molecule has 1 N–H and O–H groups in total. The Bertz CT molecular complexity index is 615. The number of halogens is 2. The van der Waals surface area contributed by atoms with Crippen molar-refractivity contribution in [1.29, 1.82) is 0 Å². The molecule has 2 aromatic rings. The monoisotopic (exact) mass is 280 g/mol. The first-order valence-corrected chi connectivity index (χ1v) is 6.42. The van der Waals surface area contributed by atoms with Crippen LogP contribution >= 0.6 is 0 Å². The van der Waals surface area contributed by atoms with Gasteiger partial charge in [-0.1, -0.05) is 6.07 Å². The van der Waals surface area contributed by atoms with Gasteiger partial charge in [-0.3, -0.25) is 0 Å². The van der Waals surface area contributed by atoms with E-state index in [2.05, 4.69) is 10.3 Å². The summed E-state index contributed by atoms with van der Waals surface area (Å²) in [6, 6.07) is 2.62. The first-order chi connectivity index (χ1) is 9.28. The number of oxazole rings is 1. The quantitative estimate of drug-likeness (QED) is 0.929. The van der Waals surface area contributed by atoms with E-state index in [0.717, 1.165) is 0 Å². The zero-order chi connectivity index (χ0) is 14.9. The molecule has 0 fully saturated rings. The van der Waals surface area contributed by atoms with E-state index in [1.807, 2.05) is 20.8 Å². The van der Waals surface area contributed by atoms with Crippen LogP contribution in [0.1, 0.15) is 32.2 Å². The lowest BCUT2D eigenvalue weighted by Gasteiger charge is -2.18. The second-order valence-corrected chi connectivity index (χ2v) is 5.78. The third-order valence-electron chi connectivity index (χ3n) is 2.85. The van der Waals surface area contributed by atoms with Crippen molar-refractivity contribution >= 4 is 0 Å². The Morgan fingerprint density at radius 3 is 2.60 bits per heavy atom. The number of benzene rings is 1. The van der Waals surface area contributed by atoms with Gasteiger partial charge in [0, 0.05) is 5.54 Å².